The Kier molecular flexibility index (Phi) is 3.43. The molecule has 0 fully saturated rings. The lowest BCUT2D eigenvalue weighted by Crippen LogP contribution is -2.15. The van der Waals surface area contributed by atoms with Gasteiger partial charge >= 0.3 is 0 Å². The molecule has 0 saturated carbocycles. The fraction of sp³-hybridized carbons (Fsp3) is 0.154. The van der Waals surface area contributed by atoms with Gasteiger partial charge in [-0.2, -0.15) is 0 Å². The fourth-order valence-corrected chi connectivity index (χ4v) is 1.67. The molecule has 0 radical (unpaired) electrons. The molecule has 0 bridgehead atoms. The Labute approximate surface area is 103 Å². The number of ether oxygens (including phenoxy) is 1. The standard InChI is InChI=1S/C13H13FN2O2/c1-18-12-5-3-8(6-10(12)14)11-4-2-9(7-15)13(17)16-11/h2-6H,7,15H2,1H3,(H,16,17). The lowest BCUT2D eigenvalue weighted by Gasteiger charge is -2.06. The highest BCUT2D eigenvalue weighted by molar-refractivity contribution is 5.60. The zero-order valence-electron chi connectivity index (χ0n) is 9.87. The minimum Gasteiger partial charge on any atom is -0.494 e. The molecule has 0 spiro atoms. The van der Waals surface area contributed by atoms with Crippen LogP contribution in [0, 0.1) is 5.82 Å². The Morgan fingerprint density at radius 1 is 1.33 bits per heavy atom. The summed E-state index contributed by atoms with van der Waals surface area (Å²) in [6, 6.07) is 7.84. The minimum atomic E-state index is -0.473. The number of H-pyrrole nitrogens is 1. The molecular formula is C13H13FN2O2. The Bertz CT molecular complexity index is 623. The second-order valence-corrected chi connectivity index (χ2v) is 3.78. The maximum Gasteiger partial charge on any atom is 0.252 e. The first kappa shape index (κ1) is 12.3. The SMILES string of the molecule is COc1ccc(-c2ccc(CN)c(=O)[nH]2)cc1F. The highest BCUT2D eigenvalue weighted by Gasteiger charge is 2.06. The molecule has 94 valence electrons. The summed E-state index contributed by atoms with van der Waals surface area (Å²) in [5, 5.41) is 0. The summed E-state index contributed by atoms with van der Waals surface area (Å²) in [5.74, 6) is -0.307. The number of hydrogen-bond acceptors (Lipinski definition) is 3. The van der Waals surface area contributed by atoms with Gasteiger partial charge in [0.15, 0.2) is 11.6 Å². The number of halogens is 1. The van der Waals surface area contributed by atoms with Crippen LogP contribution in [-0.4, -0.2) is 12.1 Å². The molecule has 1 aromatic carbocycles. The molecule has 4 nitrogen and oxygen atoms in total. The smallest absolute Gasteiger partial charge is 0.252 e. The number of benzene rings is 1. The molecule has 18 heavy (non-hydrogen) atoms. The number of nitrogens with two attached hydrogens (primary N) is 1. The van der Waals surface area contributed by atoms with E-state index in [1.165, 1.54) is 19.2 Å². The molecule has 0 aliphatic carbocycles. The van der Waals surface area contributed by atoms with Crippen LogP contribution in [0.2, 0.25) is 0 Å². The van der Waals surface area contributed by atoms with E-state index in [1.807, 2.05) is 0 Å². The third-order valence-corrected chi connectivity index (χ3v) is 2.67. The van der Waals surface area contributed by atoms with Crippen LogP contribution >= 0.6 is 0 Å². The van der Waals surface area contributed by atoms with Gasteiger partial charge in [0.2, 0.25) is 0 Å². The molecule has 1 aromatic heterocycles. The van der Waals surface area contributed by atoms with Crippen molar-refractivity contribution in [2.24, 2.45) is 5.73 Å². The van der Waals surface area contributed by atoms with E-state index in [1.54, 1.807) is 18.2 Å². The zero-order chi connectivity index (χ0) is 13.1. The van der Waals surface area contributed by atoms with Crippen LogP contribution in [0.15, 0.2) is 35.1 Å². The van der Waals surface area contributed by atoms with Gasteiger partial charge < -0.3 is 15.5 Å². The third-order valence-electron chi connectivity index (χ3n) is 2.67. The monoisotopic (exact) mass is 248 g/mol. The summed E-state index contributed by atoms with van der Waals surface area (Å²) < 4.78 is 18.4. The third kappa shape index (κ3) is 2.26. The van der Waals surface area contributed by atoms with Gasteiger partial charge in [0.1, 0.15) is 0 Å². The number of methoxy groups -OCH3 is 1. The van der Waals surface area contributed by atoms with Crippen molar-refractivity contribution in [1.82, 2.24) is 4.98 Å². The van der Waals surface area contributed by atoms with Crippen LogP contribution in [-0.2, 0) is 6.54 Å². The van der Waals surface area contributed by atoms with Gasteiger partial charge in [-0.15, -0.1) is 0 Å². The summed E-state index contributed by atoms with van der Waals surface area (Å²) in [5.41, 5.74) is 6.76. The molecule has 0 atom stereocenters. The normalized spacial score (nSPS) is 10.4. The van der Waals surface area contributed by atoms with Crippen LogP contribution < -0.4 is 16.0 Å². The van der Waals surface area contributed by atoms with Crippen molar-refractivity contribution < 1.29 is 9.13 Å². The van der Waals surface area contributed by atoms with Gasteiger partial charge in [-0.25, -0.2) is 4.39 Å². The van der Waals surface area contributed by atoms with Crippen molar-refractivity contribution >= 4 is 0 Å². The predicted octanol–water partition coefficient (Wildman–Crippen LogP) is 1.65. The molecule has 5 heteroatoms. The van der Waals surface area contributed by atoms with Gasteiger partial charge in [-0.1, -0.05) is 6.07 Å². The zero-order valence-corrected chi connectivity index (χ0v) is 9.87. The van der Waals surface area contributed by atoms with E-state index in [4.69, 9.17) is 10.5 Å². The van der Waals surface area contributed by atoms with Gasteiger partial charge in [0.05, 0.1) is 7.11 Å². The van der Waals surface area contributed by atoms with Crippen LogP contribution in [0.3, 0.4) is 0 Å². The molecule has 0 amide bonds. The molecule has 2 rings (SSSR count). The highest BCUT2D eigenvalue weighted by atomic mass is 19.1. The van der Waals surface area contributed by atoms with Gasteiger partial charge in [0.25, 0.3) is 5.56 Å². The number of rotatable bonds is 3. The summed E-state index contributed by atoms with van der Waals surface area (Å²) >= 11 is 0. The molecule has 0 saturated heterocycles. The summed E-state index contributed by atoms with van der Waals surface area (Å²) in [6.07, 6.45) is 0. The Hall–Kier alpha value is -2.14. The first-order chi connectivity index (χ1) is 8.65. The van der Waals surface area contributed by atoms with Crippen LogP contribution in [0.1, 0.15) is 5.56 Å². The lowest BCUT2D eigenvalue weighted by molar-refractivity contribution is 0.386. The minimum absolute atomic E-state index is 0.166. The summed E-state index contributed by atoms with van der Waals surface area (Å²) in [4.78, 5) is 14.3. The van der Waals surface area contributed by atoms with E-state index in [-0.39, 0.29) is 17.9 Å². The largest absolute Gasteiger partial charge is 0.494 e. The second kappa shape index (κ2) is 5.01. The number of nitrogens with one attached hydrogen (secondary N) is 1. The quantitative estimate of drug-likeness (QED) is 0.867. The van der Waals surface area contributed by atoms with E-state index in [9.17, 15) is 9.18 Å². The number of pyridine rings is 1. The molecule has 0 unspecified atom stereocenters. The summed E-state index contributed by atoms with van der Waals surface area (Å²) in [7, 11) is 1.40. The Morgan fingerprint density at radius 3 is 2.67 bits per heavy atom. The molecule has 2 aromatic rings. The maximum absolute atomic E-state index is 13.5. The first-order valence-corrected chi connectivity index (χ1v) is 5.42. The fourth-order valence-electron chi connectivity index (χ4n) is 1.67. The molecule has 0 aliphatic heterocycles. The van der Waals surface area contributed by atoms with E-state index >= 15 is 0 Å². The molecular weight excluding hydrogens is 235 g/mol. The van der Waals surface area contributed by atoms with Crippen LogP contribution in [0.4, 0.5) is 4.39 Å². The van der Waals surface area contributed by atoms with E-state index in [0.717, 1.165) is 0 Å². The topological polar surface area (TPSA) is 68.1 Å². The van der Waals surface area contributed by atoms with Gasteiger partial charge in [-0.3, -0.25) is 4.79 Å². The van der Waals surface area contributed by atoms with Gasteiger partial charge in [0, 0.05) is 23.4 Å². The first-order valence-electron chi connectivity index (χ1n) is 5.42. The number of hydrogen-bond donors (Lipinski definition) is 2. The van der Waals surface area contributed by atoms with Crippen molar-refractivity contribution in [2.45, 2.75) is 6.54 Å². The Balaban J connectivity index is 2.46. The Morgan fingerprint density at radius 2 is 2.11 bits per heavy atom. The predicted molar refractivity (Wildman–Crippen MR) is 66.9 cm³/mol. The number of aromatic nitrogens is 1. The average molecular weight is 248 g/mol. The van der Waals surface area contributed by atoms with Crippen molar-refractivity contribution in [1.29, 1.82) is 0 Å². The van der Waals surface area contributed by atoms with E-state index in [0.29, 0.717) is 16.8 Å². The highest BCUT2D eigenvalue weighted by Crippen LogP contribution is 2.23. The van der Waals surface area contributed by atoms with Crippen molar-refractivity contribution in [3.8, 4) is 17.0 Å². The molecule has 1 heterocycles. The average Bonchev–Trinajstić information content (AvgIpc) is 2.38. The molecule has 0 aliphatic rings. The van der Waals surface area contributed by atoms with Crippen LogP contribution in [0.25, 0.3) is 11.3 Å². The van der Waals surface area contributed by atoms with Crippen molar-refractivity contribution in [3.05, 3.63) is 52.1 Å². The van der Waals surface area contributed by atoms with E-state index in [2.05, 4.69) is 4.98 Å². The van der Waals surface area contributed by atoms with Crippen molar-refractivity contribution in [3.63, 3.8) is 0 Å². The summed E-state index contributed by atoms with van der Waals surface area (Å²) in [6.45, 7) is 0.173. The van der Waals surface area contributed by atoms with Crippen LogP contribution in [0.5, 0.6) is 5.75 Å². The molecule has 3 N–H and O–H groups in total. The second-order valence-electron chi connectivity index (χ2n) is 3.78. The van der Waals surface area contributed by atoms with Gasteiger partial charge in [-0.05, 0) is 24.3 Å². The lowest BCUT2D eigenvalue weighted by atomic mass is 10.1. The van der Waals surface area contributed by atoms with E-state index < -0.39 is 5.82 Å². The van der Waals surface area contributed by atoms with Crippen molar-refractivity contribution in [2.75, 3.05) is 7.11 Å². The maximum atomic E-state index is 13.5. The number of aromatic amines is 1.